The molecule has 1 N–H and O–H groups in total. The Bertz CT molecular complexity index is 937. The zero-order valence-electron chi connectivity index (χ0n) is 17.5. The molecule has 0 aliphatic carbocycles. The van der Waals surface area contributed by atoms with E-state index in [0.717, 1.165) is 36.2 Å². The molecule has 0 amide bonds. The normalized spacial score (nSPS) is 15.5. The number of ketones is 1. The van der Waals surface area contributed by atoms with E-state index in [4.69, 9.17) is 9.47 Å². The van der Waals surface area contributed by atoms with E-state index < -0.39 is 0 Å². The zero-order valence-corrected chi connectivity index (χ0v) is 19.1. The first-order chi connectivity index (χ1) is 14.4. The van der Waals surface area contributed by atoms with Gasteiger partial charge in [0, 0.05) is 43.3 Å². The first-order valence-corrected chi connectivity index (χ1v) is 10.6. The topological polar surface area (TPSA) is 62.2 Å². The minimum Gasteiger partial charge on any atom is -0.507 e. The summed E-state index contributed by atoms with van der Waals surface area (Å²) in [7, 11) is 5.12. The number of benzene rings is 2. The third-order valence-corrected chi connectivity index (χ3v) is 6.03. The van der Waals surface area contributed by atoms with Crippen molar-refractivity contribution in [3.63, 3.8) is 0 Å². The monoisotopic (exact) mass is 474 g/mol. The first kappa shape index (κ1) is 22.3. The Kier molecular flexibility index (Phi) is 7.53. The van der Waals surface area contributed by atoms with E-state index in [1.807, 2.05) is 24.3 Å². The average molecular weight is 475 g/mol. The maximum Gasteiger partial charge on any atom is 0.193 e. The molecule has 0 atom stereocenters. The van der Waals surface area contributed by atoms with Crippen LogP contribution in [0, 0.1) is 0 Å². The van der Waals surface area contributed by atoms with Crippen LogP contribution in [0.2, 0.25) is 0 Å². The van der Waals surface area contributed by atoms with Crippen molar-refractivity contribution in [2.24, 2.45) is 0 Å². The van der Waals surface area contributed by atoms with Crippen LogP contribution in [0.5, 0.6) is 17.2 Å². The zero-order chi connectivity index (χ0) is 21.7. The summed E-state index contributed by atoms with van der Waals surface area (Å²) >= 11 is 3.47. The molecule has 30 heavy (non-hydrogen) atoms. The minimum absolute atomic E-state index is 0.0908. The summed E-state index contributed by atoms with van der Waals surface area (Å²) in [6.45, 7) is 4.19. The molecular formula is C23H27BrN2O4. The van der Waals surface area contributed by atoms with Gasteiger partial charge in [0.05, 0.1) is 19.8 Å². The second-order valence-electron chi connectivity index (χ2n) is 7.28. The van der Waals surface area contributed by atoms with Crippen molar-refractivity contribution in [1.29, 1.82) is 0 Å². The van der Waals surface area contributed by atoms with Gasteiger partial charge in [-0.1, -0.05) is 34.1 Å². The second-order valence-corrected chi connectivity index (χ2v) is 8.14. The molecule has 2 aromatic rings. The summed E-state index contributed by atoms with van der Waals surface area (Å²) in [6.07, 6.45) is 3.17. The Hall–Kier alpha value is -2.35. The fourth-order valence-electron chi connectivity index (χ4n) is 3.49. The number of hydrogen-bond donors (Lipinski definition) is 1. The van der Waals surface area contributed by atoms with Crippen molar-refractivity contribution in [1.82, 2.24) is 9.80 Å². The number of methoxy groups -OCH3 is 2. The molecule has 2 aromatic carbocycles. The molecule has 1 aliphatic heterocycles. The average Bonchev–Trinajstić information content (AvgIpc) is 2.75. The van der Waals surface area contributed by atoms with E-state index >= 15 is 0 Å². The maximum atomic E-state index is 13.0. The van der Waals surface area contributed by atoms with E-state index in [1.165, 1.54) is 13.2 Å². The van der Waals surface area contributed by atoms with Crippen molar-refractivity contribution in [3.8, 4) is 17.2 Å². The van der Waals surface area contributed by atoms with E-state index in [-0.39, 0.29) is 22.8 Å². The second kappa shape index (κ2) is 10.1. The van der Waals surface area contributed by atoms with Crippen molar-refractivity contribution in [3.05, 3.63) is 57.6 Å². The van der Waals surface area contributed by atoms with Gasteiger partial charge in [0.2, 0.25) is 0 Å². The number of nitrogens with zero attached hydrogens (tertiary/aromatic N) is 2. The predicted octanol–water partition coefficient (Wildman–Crippen LogP) is 3.82. The van der Waals surface area contributed by atoms with Gasteiger partial charge in [-0.3, -0.25) is 9.69 Å². The van der Waals surface area contributed by atoms with Gasteiger partial charge in [-0.15, -0.1) is 0 Å². The number of phenols is 1. The standard InChI is InChI=1S/C23H27BrN2O4/c1-25-10-12-26(13-11-25)15-17-20(29-2)14-21(30-3)22(23(17)28)19(27)9-8-16-6-4-5-7-18(16)24/h4-9,14,28H,10-13,15H2,1-3H3/b9-8+. The molecule has 0 unspecified atom stereocenters. The highest BCUT2D eigenvalue weighted by atomic mass is 79.9. The lowest BCUT2D eigenvalue weighted by Gasteiger charge is -2.33. The van der Waals surface area contributed by atoms with Crippen molar-refractivity contribution >= 4 is 27.8 Å². The van der Waals surface area contributed by atoms with Gasteiger partial charge < -0.3 is 19.5 Å². The van der Waals surface area contributed by atoms with Gasteiger partial charge in [0.25, 0.3) is 0 Å². The van der Waals surface area contributed by atoms with Crippen molar-refractivity contribution in [2.45, 2.75) is 6.54 Å². The van der Waals surface area contributed by atoms with Crippen LogP contribution in [0.3, 0.4) is 0 Å². The highest BCUT2D eigenvalue weighted by Crippen LogP contribution is 2.40. The molecule has 1 saturated heterocycles. The number of piperazine rings is 1. The molecule has 3 rings (SSSR count). The molecule has 1 heterocycles. The lowest BCUT2D eigenvalue weighted by molar-refractivity contribution is 0.104. The maximum absolute atomic E-state index is 13.0. The number of hydrogen-bond acceptors (Lipinski definition) is 6. The van der Waals surface area contributed by atoms with Crippen LogP contribution in [0.15, 0.2) is 40.9 Å². The van der Waals surface area contributed by atoms with Gasteiger partial charge >= 0.3 is 0 Å². The molecule has 1 fully saturated rings. The SMILES string of the molecule is COc1cc(OC)c(C(=O)/C=C/c2ccccc2Br)c(O)c1CN1CCN(C)CC1. The number of ether oxygens (including phenoxy) is 2. The fraction of sp³-hybridized carbons (Fsp3) is 0.348. The minimum atomic E-state index is -0.331. The Morgan fingerprint density at radius 1 is 1.13 bits per heavy atom. The number of carbonyl (C=O) groups excluding carboxylic acids is 1. The first-order valence-electron chi connectivity index (χ1n) is 9.79. The Balaban J connectivity index is 1.94. The Morgan fingerprint density at radius 2 is 1.80 bits per heavy atom. The smallest absolute Gasteiger partial charge is 0.193 e. The summed E-state index contributed by atoms with van der Waals surface area (Å²) in [5.41, 5.74) is 1.61. The Morgan fingerprint density at radius 3 is 2.43 bits per heavy atom. The molecule has 1 aliphatic rings. The van der Waals surface area contributed by atoms with Crippen LogP contribution in [-0.4, -0.2) is 68.1 Å². The molecule has 160 valence electrons. The molecular weight excluding hydrogens is 448 g/mol. The molecule has 0 aromatic heterocycles. The van der Waals surface area contributed by atoms with Crippen molar-refractivity contribution < 1.29 is 19.4 Å². The molecule has 6 nitrogen and oxygen atoms in total. The highest BCUT2D eigenvalue weighted by Gasteiger charge is 2.25. The van der Waals surface area contributed by atoms with Crippen LogP contribution in [0.25, 0.3) is 6.08 Å². The van der Waals surface area contributed by atoms with Crippen LogP contribution in [0.4, 0.5) is 0 Å². The van der Waals surface area contributed by atoms with Gasteiger partial charge in [0.15, 0.2) is 5.78 Å². The van der Waals surface area contributed by atoms with E-state index in [0.29, 0.717) is 17.9 Å². The van der Waals surface area contributed by atoms with Crippen molar-refractivity contribution in [2.75, 3.05) is 47.4 Å². The van der Waals surface area contributed by atoms with E-state index in [2.05, 4.69) is 32.8 Å². The highest BCUT2D eigenvalue weighted by molar-refractivity contribution is 9.10. The quantitative estimate of drug-likeness (QED) is 0.486. The molecule has 0 bridgehead atoms. The summed E-state index contributed by atoms with van der Waals surface area (Å²) in [4.78, 5) is 17.5. The summed E-state index contributed by atoms with van der Waals surface area (Å²) in [5, 5.41) is 11.1. The van der Waals surface area contributed by atoms with E-state index in [9.17, 15) is 9.90 Å². The van der Waals surface area contributed by atoms with Gasteiger partial charge in [0.1, 0.15) is 22.8 Å². The number of carbonyl (C=O) groups is 1. The number of likely N-dealkylation sites (N-methyl/N-ethyl adjacent to an activating group) is 1. The lowest BCUT2D eigenvalue weighted by Crippen LogP contribution is -2.43. The summed E-state index contributed by atoms with van der Waals surface area (Å²) < 4.78 is 11.8. The third kappa shape index (κ3) is 5.03. The predicted molar refractivity (Wildman–Crippen MR) is 121 cm³/mol. The largest absolute Gasteiger partial charge is 0.507 e. The fourth-order valence-corrected chi connectivity index (χ4v) is 3.90. The third-order valence-electron chi connectivity index (χ3n) is 5.31. The van der Waals surface area contributed by atoms with Gasteiger partial charge in [-0.2, -0.15) is 0 Å². The number of aromatic hydroxyl groups is 1. The molecule has 0 radical (unpaired) electrons. The molecule has 0 saturated carbocycles. The number of phenolic OH excluding ortho intramolecular Hbond substituents is 1. The van der Waals surface area contributed by atoms with Gasteiger partial charge in [-0.25, -0.2) is 0 Å². The van der Waals surface area contributed by atoms with Crippen LogP contribution in [-0.2, 0) is 6.54 Å². The van der Waals surface area contributed by atoms with Gasteiger partial charge in [-0.05, 0) is 30.8 Å². The molecule has 0 spiro atoms. The van der Waals surface area contributed by atoms with Crippen LogP contribution < -0.4 is 9.47 Å². The number of rotatable bonds is 7. The Labute approximate surface area is 185 Å². The number of allylic oxidation sites excluding steroid dienone is 1. The molecule has 7 heteroatoms. The lowest BCUT2D eigenvalue weighted by atomic mass is 10.0. The van der Waals surface area contributed by atoms with E-state index in [1.54, 1.807) is 19.3 Å². The number of halogens is 1. The van der Waals surface area contributed by atoms with Crippen LogP contribution in [0.1, 0.15) is 21.5 Å². The summed E-state index contributed by atoms with van der Waals surface area (Å²) in [6, 6.07) is 9.28. The van der Waals surface area contributed by atoms with Crippen LogP contribution >= 0.6 is 15.9 Å². The summed E-state index contributed by atoms with van der Waals surface area (Å²) in [5.74, 6) is 0.372.